The van der Waals surface area contributed by atoms with Gasteiger partial charge in [-0.2, -0.15) is 0 Å². The SMILES string of the molecule is COCOc1ccccc1-c1cc2c(nn1)NCC1CNCCN21. The van der Waals surface area contributed by atoms with Crippen LogP contribution in [0.5, 0.6) is 5.75 Å². The molecule has 0 bridgehead atoms. The highest BCUT2D eigenvalue weighted by molar-refractivity contribution is 5.76. The fraction of sp³-hybridized carbons (Fsp3) is 0.412. The van der Waals surface area contributed by atoms with Crippen molar-refractivity contribution in [2.75, 3.05) is 50.3 Å². The Hall–Kier alpha value is -2.38. The lowest BCUT2D eigenvalue weighted by Gasteiger charge is -2.42. The number of ether oxygens (including phenoxy) is 2. The Morgan fingerprint density at radius 3 is 3.08 bits per heavy atom. The fourth-order valence-electron chi connectivity index (χ4n) is 3.26. The van der Waals surface area contributed by atoms with E-state index in [1.165, 1.54) is 0 Å². The van der Waals surface area contributed by atoms with Gasteiger partial charge in [0, 0.05) is 38.9 Å². The number of methoxy groups -OCH3 is 1. The van der Waals surface area contributed by atoms with Crippen molar-refractivity contribution in [3.05, 3.63) is 30.3 Å². The largest absolute Gasteiger partial charge is 0.467 e. The molecule has 3 heterocycles. The molecule has 1 aromatic carbocycles. The summed E-state index contributed by atoms with van der Waals surface area (Å²) >= 11 is 0. The molecule has 126 valence electrons. The summed E-state index contributed by atoms with van der Waals surface area (Å²) in [6.07, 6.45) is 0. The molecule has 4 rings (SSSR count). The third kappa shape index (κ3) is 2.76. The Labute approximate surface area is 141 Å². The molecule has 0 amide bonds. The quantitative estimate of drug-likeness (QED) is 0.821. The molecule has 1 unspecified atom stereocenters. The van der Waals surface area contributed by atoms with Gasteiger partial charge in [0.1, 0.15) is 5.75 Å². The molecule has 2 N–H and O–H groups in total. The van der Waals surface area contributed by atoms with Crippen LogP contribution in [0.15, 0.2) is 30.3 Å². The zero-order valence-electron chi connectivity index (χ0n) is 13.7. The van der Waals surface area contributed by atoms with Crippen LogP contribution in [0.4, 0.5) is 11.5 Å². The van der Waals surface area contributed by atoms with Crippen LogP contribution in [0.1, 0.15) is 0 Å². The van der Waals surface area contributed by atoms with Crippen molar-refractivity contribution in [3.63, 3.8) is 0 Å². The summed E-state index contributed by atoms with van der Waals surface area (Å²) in [5.74, 6) is 1.60. The Balaban J connectivity index is 1.71. The molecular weight excluding hydrogens is 306 g/mol. The molecule has 1 aromatic heterocycles. The van der Waals surface area contributed by atoms with Gasteiger partial charge in [0.05, 0.1) is 17.4 Å². The molecule has 2 aromatic rings. The van der Waals surface area contributed by atoms with E-state index in [1.54, 1.807) is 7.11 Å². The number of aromatic nitrogens is 2. The first kappa shape index (κ1) is 15.2. The molecule has 1 fully saturated rings. The smallest absolute Gasteiger partial charge is 0.188 e. The van der Waals surface area contributed by atoms with Gasteiger partial charge in [-0.05, 0) is 18.2 Å². The molecule has 0 aliphatic carbocycles. The number of para-hydroxylation sites is 1. The summed E-state index contributed by atoms with van der Waals surface area (Å²) in [6.45, 7) is 4.05. The maximum absolute atomic E-state index is 5.66. The van der Waals surface area contributed by atoms with Crippen molar-refractivity contribution in [2.45, 2.75) is 6.04 Å². The van der Waals surface area contributed by atoms with Gasteiger partial charge >= 0.3 is 0 Å². The summed E-state index contributed by atoms with van der Waals surface area (Å²) in [7, 11) is 1.61. The molecule has 0 spiro atoms. The summed E-state index contributed by atoms with van der Waals surface area (Å²) in [4.78, 5) is 2.42. The molecule has 1 saturated heterocycles. The predicted molar refractivity (Wildman–Crippen MR) is 92.5 cm³/mol. The molecule has 24 heavy (non-hydrogen) atoms. The van der Waals surface area contributed by atoms with Crippen LogP contribution in [0.2, 0.25) is 0 Å². The number of benzene rings is 1. The van der Waals surface area contributed by atoms with Gasteiger partial charge in [-0.25, -0.2) is 0 Å². The Morgan fingerprint density at radius 2 is 2.17 bits per heavy atom. The zero-order valence-corrected chi connectivity index (χ0v) is 13.7. The minimum Gasteiger partial charge on any atom is -0.467 e. The van der Waals surface area contributed by atoms with Crippen molar-refractivity contribution in [2.24, 2.45) is 0 Å². The third-order valence-corrected chi connectivity index (χ3v) is 4.43. The zero-order chi connectivity index (χ0) is 16.4. The summed E-state index contributed by atoms with van der Waals surface area (Å²) in [6, 6.07) is 10.4. The van der Waals surface area contributed by atoms with Gasteiger partial charge in [0.2, 0.25) is 0 Å². The molecule has 2 aliphatic rings. The highest BCUT2D eigenvalue weighted by Crippen LogP contribution is 2.35. The molecule has 0 radical (unpaired) electrons. The second-order valence-corrected chi connectivity index (χ2v) is 5.94. The number of rotatable bonds is 4. The van der Waals surface area contributed by atoms with Crippen LogP contribution in [0.3, 0.4) is 0 Å². The first-order valence-electron chi connectivity index (χ1n) is 8.17. The number of piperazine rings is 1. The average Bonchev–Trinajstić information content (AvgIpc) is 2.66. The normalized spacial score (nSPS) is 19.2. The van der Waals surface area contributed by atoms with Gasteiger partial charge in [0.25, 0.3) is 0 Å². The highest BCUT2D eigenvalue weighted by Gasteiger charge is 2.29. The second-order valence-electron chi connectivity index (χ2n) is 5.94. The first-order valence-corrected chi connectivity index (χ1v) is 8.17. The Kier molecular flexibility index (Phi) is 4.18. The summed E-state index contributed by atoms with van der Waals surface area (Å²) in [5, 5.41) is 15.6. The van der Waals surface area contributed by atoms with Crippen LogP contribution in [0, 0.1) is 0 Å². The topological polar surface area (TPSA) is 71.5 Å². The van der Waals surface area contributed by atoms with E-state index in [-0.39, 0.29) is 6.79 Å². The average molecular weight is 327 g/mol. The fourth-order valence-corrected chi connectivity index (χ4v) is 3.26. The van der Waals surface area contributed by atoms with E-state index in [2.05, 4.69) is 31.8 Å². The maximum atomic E-state index is 5.66. The van der Waals surface area contributed by atoms with E-state index in [0.29, 0.717) is 6.04 Å². The number of fused-ring (bicyclic) bond motifs is 3. The lowest BCUT2D eigenvalue weighted by atomic mass is 10.1. The molecule has 7 heteroatoms. The number of hydrogen-bond donors (Lipinski definition) is 2. The van der Waals surface area contributed by atoms with Gasteiger partial charge in [-0.15, -0.1) is 10.2 Å². The number of nitrogens with one attached hydrogen (secondary N) is 2. The van der Waals surface area contributed by atoms with E-state index in [1.807, 2.05) is 24.3 Å². The van der Waals surface area contributed by atoms with Crippen molar-refractivity contribution in [1.82, 2.24) is 15.5 Å². The van der Waals surface area contributed by atoms with Crippen LogP contribution >= 0.6 is 0 Å². The number of anilines is 2. The monoisotopic (exact) mass is 327 g/mol. The minimum absolute atomic E-state index is 0.205. The molecule has 7 nitrogen and oxygen atoms in total. The first-order chi connectivity index (χ1) is 11.9. The minimum atomic E-state index is 0.205. The Morgan fingerprint density at radius 1 is 1.25 bits per heavy atom. The molecule has 0 saturated carbocycles. The van der Waals surface area contributed by atoms with Crippen LogP contribution in [-0.2, 0) is 4.74 Å². The predicted octanol–water partition coefficient (Wildman–Crippen LogP) is 1.33. The molecule has 1 atom stereocenters. The van der Waals surface area contributed by atoms with Crippen molar-refractivity contribution in [3.8, 4) is 17.0 Å². The van der Waals surface area contributed by atoms with Gasteiger partial charge < -0.3 is 25.0 Å². The number of nitrogens with zero attached hydrogens (tertiary/aromatic N) is 3. The van der Waals surface area contributed by atoms with Crippen molar-refractivity contribution < 1.29 is 9.47 Å². The maximum Gasteiger partial charge on any atom is 0.188 e. The summed E-state index contributed by atoms with van der Waals surface area (Å²) in [5.41, 5.74) is 2.84. The van der Waals surface area contributed by atoms with Gasteiger partial charge in [-0.1, -0.05) is 12.1 Å². The standard InChI is InChI=1S/C17H21N5O2/c1-23-11-24-16-5-3-2-4-13(16)14-8-15-17(21-20-14)19-10-12-9-18-6-7-22(12)15/h2-5,8,12,18H,6-7,9-11H2,1H3,(H,19,21). The summed E-state index contributed by atoms with van der Waals surface area (Å²) < 4.78 is 10.7. The lowest BCUT2D eigenvalue weighted by Crippen LogP contribution is -2.56. The van der Waals surface area contributed by atoms with Crippen molar-refractivity contribution in [1.29, 1.82) is 0 Å². The molecular formula is C17H21N5O2. The lowest BCUT2D eigenvalue weighted by molar-refractivity contribution is 0.0515. The van der Waals surface area contributed by atoms with E-state index in [9.17, 15) is 0 Å². The van der Waals surface area contributed by atoms with Crippen LogP contribution < -0.4 is 20.3 Å². The highest BCUT2D eigenvalue weighted by atomic mass is 16.7. The van der Waals surface area contributed by atoms with E-state index < -0.39 is 0 Å². The van der Waals surface area contributed by atoms with Crippen LogP contribution in [-0.4, -0.2) is 56.3 Å². The Bertz CT molecular complexity index is 724. The van der Waals surface area contributed by atoms with E-state index >= 15 is 0 Å². The van der Waals surface area contributed by atoms with Gasteiger partial charge in [0.15, 0.2) is 12.6 Å². The molecule has 2 aliphatic heterocycles. The second kappa shape index (κ2) is 6.62. The van der Waals surface area contributed by atoms with E-state index in [0.717, 1.165) is 54.7 Å². The van der Waals surface area contributed by atoms with Crippen molar-refractivity contribution >= 4 is 11.5 Å². The van der Waals surface area contributed by atoms with Gasteiger partial charge in [-0.3, -0.25) is 0 Å². The number of hydrogen-bond acceptors (Lipinski definition) is 7. The van der Waals surface area contributed by atoms with E-state index in [4.69, 9.17) is 9.47 Å². The third-order valence-electron chi connectivity index (χ3n) is 4.43. The van der Waals surface area contributed by atoms with Crippen LogP contribution in [0.25, 0.3) is 11.3 Å².